The average Bonchev–Trinajstić information content (AvgIpc) is 2.52. The normalized spacial score (nSPS) is 10.7. The maximum absolute atomic E-state index is 11.0. The standard InChI is InChI=1S/C11H14O2S/c1-3-13-11(12)6-4-5-10-8-14-7-9(10)2/h4-5,7-8H,3,6H2,1-2H3. The molecule has 3 heteroatoms. The molecule has 0 radical (unpaired) electrons. The molecule has 0 saturated carbocycles. The summed E-state index contributed by atoms with van der Waals surface area (Å²) in [4.78, 5) is 11.0. The molecule has 0 aliphatic rings. The highest BCUT2D eigenvalue weighted by molar-refractivity contribution is 7.08. The number of esters is 1. The minimum absolute atomic E-state index is 0.170. The third-order valence-corrected chi connectivity index (χ3v) is 2.66. The highest BCUT2D eigenvalue weighted by atomic mass is 32.1. The Morgan fingerprint density at radius 2 is 2.36 bits per heavy atom. The quantitative estimate of drug-likeness (QED) is 0.714. The Morgan fingerprint density at radius 1 is 1.57 bits per heavy atom. The van der Waals surface area contributed by atoms with Crippen molar-refractivity contribution in [3.8, 4) is 0 Å². The van der Waals surface area contributed by atoms with E-state index in [9.17, 15) is 4.79 Å². The average molecular weight is 210 g/mol. The van der Waals surface area contributed by atoms with Crippen molar-refractivity contribution < 1.29 is 9.53 Å². The van der Waals surface area contributed by atoms with Crippen molar-refractivity contribution in [3.63, 3.8) is 0 Å². The number of carbonyl (C=O) groups is 1. The first-order valence-electron chi connectivity index (χ1n) is 4.59. The van der Waals surface area contributed by atoms with Crippen molar-refractivity contribution in [1.29, 1.82) is 0 Å². The minimum atomic E-state index is -0.170. The number of thiophene rings is 1. The van der Waals surface area contributed by atoms with Gasteiger partial charge in [-0.25, -0.2) is 0 Å². The van der Waals surface area contributed by atoms with Gasteiger partial charge in [-0.2, -0.15) is 11.3 Å². The Morgan fingerprint density at radius 3 is 2.93 bits per heavy atom. The number of carbonyl (C=O) groups excluding carboxylic acids is 1. The monoisotopic (exact) mass is 210 g/mol. The van der Waals surface area contributed by atoms with E-state index in [4.69, 9.17) is 4.74 Å². The van der Waals surface area contributed by atoms with Gasteiger partial charge in [0, 0.05) is 0 Å². The van der Waals surface area contributed by atoms with Gasteiger partial charge in [0.05, 0.1) is 13.0 Å². The molecule has 0 spiro atoms. The first-order chi connectivity index (χ1) is 6.74. The molecule has 1 aromatic rings. The van der Waals surface area contributed by atoms with Crippen LogP contribution in [0.5, 0.6) is 0 Å². The van der Waals surface area contributed by atoms with Crippen molar-refractivity contribution in [2.75, 3.05) is 6.61 Å². The lowest BCUT2D eigenvalue weighted by Crippen LogP contribution is -2.01. The number of ether oxygens (including phenoxy) is 1. The van der Waals surface area contributed by atoms with E-state index in [1.165, 1.54) is 11.1 Å². The van der Waals surface area contributed by atoms with Crippen molar-refractivity contribution in [1.82, 2.24) is 0 Å². The van der Waals surface area contributed by atoms with Gasteiger partial charge < -0.3 is 4.74 Å². The predicted octanol–water partition coefficient (Wildman–Crippen LogP) is 3.02. The van der Waals surface area contributed by atoms with Crippen LogP contribution in [-0.2, 0) is 9.53 Å². The highest BCUT2D eigenvalue weighted by Gasteiger charge is 1.97. The lowest BCUT2D eigenvalue weighted by Gasteiger charge is -1.96. The molecule has 76 valence electrons. The summed E-state index contributed by atoms with van der Waals surface area (Å²) in [5.74, 6) is -0.170. The van der Waals surface area contributed by atoms with E-state index < -0.39 is 0 Å². The summed E-state index contributed by atoms with van der Waals surface area (Å²) in [6.45, 7) is 4.31. The summed E-state index contributed by atoms with van der Waals surface area (Å²) in [5.41, 5.74) is 2.43. The summed E-state index contributed by atoms with van der Waals surface area (Å²) in [6, 6.07) is 0. The summed E-state index contributed by atoms with van der Waals surface area (Å²) in [6.07, 6.45) is 4.15. The van der Waals surface area contributed by atoms with Crippen molar-refractivity contribution >= 4 is 23.4 Å². The van der Waals surface area contributed by atoms with E-state index in [-0.39, 0.29) is 5.97 Å². The Hall–Kier alpha value is -1.09. The Bertz CT molecular complexity index is 326. The van der Waals surface area contributed by atoms with E-state index in [0.29, 0.717) is 13.0 Å². The smallest absolute Gasteiger partial charge is 0.309 e. The second kappa shape index (κ2) is 5.60. The first kappa shape index (κ1) is 11.0. The molecule has 0 saturated heterocycles. The molecule has 0 aromatic carbocycles. The van der Waals surface area contributed by atoms with Crippen LogP contribution < -0.4 is 0 Å². The summed E-state index contributed by atoms with van der Waals surface area (Å²) in [7, 11) is 0. The van der Waals surface area contributed by atoms with Crippen LogP contribution in [0.4, 0.5) is 0 Å². The van der Waals surface area contributed by atoms with Gasteiger partial charge >= 0.3 is 5.97 Å². The fraction of sp³-hybridized carbons (Fsp3) is 0.364. The third-order valence-electron chi connectivity index (χ3n) is 1.78. The van der Waals surface area contributed by atoms with Gasteiger partial charge in [0.1, 0.15) is 0 Å². The van der Waals surface area contributed by atoms with Crippen LogP contribution in [0.25, 0.3) is 6.08 Å². The number of hydrogen-bond acceptors (Lipinski definition) is 3. The zero-order valence-electron chi connectivity index (χ0n) is 8.45. The molecule has 0 unspecified atom stereocenters. The van der Waals surface area contributed by atoms with Gasteiger partial charge in [-0.3, -0.25) is 4.79 Å². The van der Waals surface area contributed by atoms with Gasteiger partial charge in [-0.05, 0) is 35.7 Å². The van der Waals surface area contributed by atoms with Gasteiger partial charge in [0.2, 0.25) is 0 Å². The van der Waals surface area contributed by atoms with E-state index in [1.807, 2.05) is 19.1 Å². The third kappa shape index (κ3) is 3.34. The van der Waals surface area contributed by atoms with Crippen molar-refractivity contribution in [2.24, 2.45) is 0 Å². The minimum Gasteiger partial charge on any atom is -0.466 e. The van der Waals surface area contributed by atoms with Gasteiger partial charge in [-0.1, -0.05) is 12.2 Å². The molecule has 0 bridgehead atoms. The van der Waals surface area contributed by atoms with E-state index in [1.54, 1.807) is 11.3 Å². The Kier molecular flexibility index (Phi) is 4.40. The molecule has 0 amide bonds. The number of hydrogen-bond donors (Lipinski definition) is 0. The summed E-state index contributed by atoms with van der Waals surface area (Å²) in [5, 5.41) is 4.15. The maximum Gasteiger partial charge on any atom is 0.309 e. The van der Waals surface area contributed by atoms with Crippen LogP contribution in [0.1, 0.15) is 24.5 Å². The highest BCUT2D eigenvalue weighted by Crippen LogP contribution is 2.15. The second-order valence-electron chi connectivity index (χ2n) is 2.92. The Balaban J connectivity index is 2.42. The zero-order valence-corrected chi connectivity index (χ0v) is 9.26. The molecule has 1 rings (SSSR count). The topological polar surface area (TPSA) is 26.3 Å². The molecular weight excluding hydrogens is 196 g/mol. The Labute approximate surface area is 88.2 Å². The SMILES string of the molecule is CCOC(=O)CC=Cc1cscc1C. The fourth-order valence-electron chi connectivity index (χ4n) is 1.04. The van der Waals surface area contributed by atoms with Crippen LogP contribution in [0.2, 0.25) is 0 Å². The molecule has 2 nitrogen and oxygen atoms in total. The molecular formula is C11H14O2S. The van der Waals surface area contributed by atoms with Crippen LogP contribution in [0.15, 0.2) is 16.8 Å². The number of rotatable bonds is 4. The lowest BCUT2D eigenvalue weighted by molar-refractivity contribution is -0.142. The molecule has 1 aromatic heterocycles. The van der Waals surface area contributed by atoms with E-state index in [0.717, 1.165) is 0 Å². The van der Waals surface area contributed by atoms with E-state index in [2.05, 4.69) is 17.7 Å². The van der Waals surface area contributed by atoms with Gasteiger partial charge in [0.25, 0.3) is 0 Å². The molecule has 14 heavy (non-hydrogen) atoms. The van der Waals surface area contributed by atoms with Gasteiger partial charge in [0.15, 0.2) is 0 Å². The zero-order chi connectivity index (χ0) is 10.4. The van der Waals surface area contributed by atoms with E-state index >= 15 is 0 Å². The van der Waals surface area contributed by atoms with Crippen LogP contribution in [0.3, 0.4) is 0 Å². The molecule has 0 aliphatic heterocycles. The van der Waals surface area contributed by atoms with Crippen LogP contribution in [-0.4, -0.2) is 12.6 Å². The second-order valence-corrected chi connectivity index (χ2v) is 3.67. The molecule has 1 heterocycles. The van der Waals surface area contributed by atoms with Gasteiger partial charge in [-0.15, -0.1) is 0 Å². The number of aryl methyl sites for hydroxylation is 1. The first-order valence-corrected chi connectivity index (χ1v) is 5.53. The molecule has 0 N–H and O–H groups in total. The van der Waals surface area contributed by atoms with Crippen LogP contribution in [0, 0.1) is 6.92 Å². The molecule has 0 aliphatic carbocycles. The molecule has 0 fully saturated rings. The van der Waals surface area contributed by atoms with Crippen LogP contribution >= 0.6 is 11.3 Å². The van der Waals surface area contributed by atoms with Crippen molar-refractivity contribution in [3.05, 3.63) is 28.0 Å². The van der Waals surface area contributed by atoms with Crippen molar-refractivity contribution in [2.45, 2.75) is 20.3 Å². The maximum atomic E-state index is 11.0. The predicted molar refractivity (Wildman–Crippen MR) is 59.3 cm³/mol. The fourth-order valence-corrected chi connectivity index (χ4v) is 1.86. The lowest BCUT2D eigenvalue weighted by atomic mass is 10.2. The summed E-state index contributed by atoms with van der Waals surface area (Å²) >= 11 is 1.67. The molecule has 0 atom stereocenters. The summed E-state index contributed by atoms with van der Waals surface area (Å²) < 4.78 is 4.80. The largest absolute Gasteiger partial charge is 0.466 e.